The summed E-state index contributed by atoms with van der Waals surface area (Å²) in [4.78, 5) is 31.0. The maximum Gasteiger partial charge on any atom is 0.380 e. The van der Waals surface area contributed by atoms with Crippen LogP contribution in [0.1, 0.15) is 56.6 Å². The predicted octanol–water partition coefficient (Wildman–Crippen LogP) is 3.91. The molecular formula is C18H25BrN2O3. The summed E-state index contributed by atoms with van der Waals surface area (Å²) in [6, 6.07) is 0. The van der Waals surface area contributed by atoms with Crippen molar-refractivity contribution in [1.29, 1.82) is 0 Å². The van der Waals surface area contributed by atoms with Gasteiger partial charge in [-0.15, -0.1) is 0 Å². The third-order valence-electron chi connectivity index (χ3n) is 4.37. The number of ketones is 1. The molecular weight excluding hydrogens is 372 g/mol. The molecule has 1 aromatic heterocycles. The molecule has 2 heterocycles. The van der Waals surface area contributed by atoms with E-state index >= 15 is 0 Å². The number of piperidine rings is 1. The number of nitrogens with zero attached hydrogens (tertiary/aromatic N) is 2. The van der Waals surface area contributed by atoms with Crippen molar-refractivity contribution in [1.82, 2.24) is 4.98 Å². The minimum Gasteiger partial charge on any atom is -0.457 e. The molecule has 1 saturated heterocycles. The molecule has 0 radical (unpaired) electrons. The van der Waals surface area contributed by atoms with Crippen LogP contribution in [0.5, 0.6) is 0 Å². The topological polar surface area (TPSA) is 59.5 Å². The van der Waals surface area contributed by atoms with E-state index in [1.165, 1.54) is 6.20 Å². The molecule has 1 aliphatic heterocycles. The second kappa shape index (κ2) is 7.21. The molecule has 1 fully saturated rings. The van der Waals surface area contributed by atoms with Gasteiger partial charge in [-0.25, -0.2) is 4.79 Å². The lowest BCUT2D eigenvalue weighted by molar-refractivity contribution is -0.141. The second-order valence-corrected chi connectivity index (χ2v) is 8.15. The van der Waals surface area contributed by atoms with Gasteiger partial charge in [-0.3, -0.25) is 9.78 Å². The highest BCUT2D eigenvalue weighted by Crippen LogP contribution is 2.38. The zero-order chi connectivity index (χ0) is 18.1. The van der Waals surface area contributed by atoms with Gasteiger partial charge in [0, 0.05) is 19.3 Å². The fraction of sp³-hybridized carbons (Fsp3) is 0.611. The molecule has 0 atom stereocenters. The van der Waals surface area contributed by atoms with Gasteiger partial charge in [-0.1, -0.05) is 13.8 Å². The van der Waals surface area contributed by atoms with Gasteiger partial charge in [-0.05, 0) is 55.0 Å². The molecule has 0 aromatic carbocycles. The predicted molar refractivity (Wildman–Crippen MR) is 97.5 cm³/mol. The standard InChI is InChI=1S/C18H25BrN2O3/c1-11(2)24-17(23)16(22)13-10-20-12(3)14(19)15(13)21-8-6-18(4,5)7-9-21/h10-11H,6-9H2,1-5H3. The highest BCUT2D eigenvalue weighted by atomic mass is 79.9. The highest BCUT2D eigenvalue weighted by Gasteiger charge is 2.31. The molecule has 0 spiro atoms. The van der Waals surface area contributed by atoms with Crippen LogP contribution in [-0.2, 0) is 9.53 Å². The smallest absolute Gasteiger partial charge is 0.380 e. The Kier molecular flexibility index (Phi) is 5.68. The fourth-order valence-corrected chi connectivity index (χ4v) is 3.32. The summed E-state index contributed by atoms with van der Waals surface area (Å²) in [5.41, 5.74) is 2.15. The molecule has 24 heavy (non-hydrogen) atoms. The van der Waals surface area contributed by atoms with Gasteiger partial charge in [0.2, 0.25) is 0 Å². The van der Waals surface area contributed by atoms with Crippen LogP contribution >= 0.6 is 15.9 Å². The van der Waals surface area contributed by atoms with Crippen LogP contribution in [0.25, 0.3) is 0 Å². The number of aromatic nitrogens is 1. The molecule has 0 saturated carbocycles. The number of Topliss-reactive ketones (excluding diaryl/α,β-unsaturated/α-hetero) is 1. The maximum absolute atomic E-state index is 12.6. The highest BCUT2D eigenvalue weighted by molar-refractivity contribution is 9.10. The van der Waals surface area contributed by atoms with Gasteiger partial charge in [0.05, 0.1) is 27.5 Å². The van der Waals surface area contributed by atoms with Crippen LogP contribution in [0.15, 0.2) is 10.7 Å². The zero-order valence-electron chi connectivity index (χ0n) is 15.0. The summed E-state index contributed by atoms with van der Waals surface area (Å²) >= 11 is 3.55. The van der Waals surface area contributed by atoms with Gasteiger partial charge < -0.3 is 9.64 Å². The Morgan fingerprint density at radius 1 is 1.29 bits per heavy atom. The number of hydrogen-bond donors (Lipinski definition) is 0. The van der Waals surface area contributed by atoms with Crippen molar-refractivity contribution in [3.8, 4) is 0 Å². The largest absolute Gasteiger partial charge is 0.457 e. The van der Waals surface area contributed by atoms with E-state index in [2.05, 4.69) is 39.7 Å². The number of anilines is 1. The van der Waals surface area contributed by atoms with E-state index in [1.54, 1.807) is 13.8 Å². The maximum atomic E-state index is 12.6. The van der Waals surface area contributed by atoms with E-state index in [0.717, 1.165) is 41.8 Å². The lowest BCUT2D eigenvalue weighted by Crippen LogP contribution is -2.38. The van der Waals surface area contributed by atoms with Crippen LogP contribution in [0.3, 0.4) is 0 Å². The fourth-order valence-electron chi connectivity index (χ4n) is 2.76. The van der Waals surface area contributed by atoms with Crippen molar-refractivity contribution >= 4 is 33.4 Å². The Hall–Kier alpha value is -1.43. The summed E-state index contributed by atoms with van der Waals surface area (Å²) in [6.45, 7) is 11.5. The van der Waals surface area contributed by atoms with Gasteiger partial charge in [-0.2, -0.15) is 0 Å². The first-order valence-corrected chi connectivity index (χ1v) is 9.07. The minimum absolute atomic E-state index is 0.297. The Labute approximate surface area is 151 Å². The third kappa shape index (κ3) is 4.15. The summed E-state index contributed by atoms with van der Waals surface area (Å²) in [7, 11) is 0. The molecule has 0 N–H and O–H groups in total. The summed E-state index contributed by atoms with van der Waals surface area (Å²) in [5, 5.41) is 0. The quantitative estimate of drug-likeness (QED) is 0.438. The van der Waals surface area contributed by atoms with E-state index in [4.69, 9.17) is 4.74 Å². The van der Waals surface area contributed by atoms with E-state index in [-0.39, 0.29) is 6.10 Å². The summed E-state index contributed by atoms with van der Waals surface area (Å²) < 4.78 is 5.83. The normalized spacial score (nSPS) is 17.0. The molecule has 0 bridgehead atoms. The van der Waals surface area contributed by atoms with Crippen molar-refractivity contribution < 1.29 is 14.3 Å². The van der Waals surface area contributed by atoms with Crippen molar-refractivity contribution in [3.05, 3.63) is 21.9 Å². The van der Waals surface area contributed by atoms with E-state index in [0.29, 0.717) is 11.0 Å². The molecule has 132 valence electrons. The summed E-state index contributed by atoms with van der Waals surface area (Å²) in [5.74, 6) is -1.47. The van der Waals surface area contributed by atoms with Crippen molar-refractivity contribution in [2.75, 3.05) is 18.0 Å². The molecule has 1 aliphatic rings. The van der Waals surface area contributed by atoms with E-state index in [9.17, 15) is 9.59 Å². The number of halogens is 1. The summed E-state index contributed by atoms with van der Waals surface area (Å²) in [6.07, 6.45) is 3.22. The first-order chi connectivity index (χ1) is 11.1. The average molecular weight is 397 g/mol. The van der Waals surface area contributed by atoms with Gasteiger partial charge in [0.1, 0.15) is 0 Å². The Morgan fingerprint density at radius 2 is 1.88 bits per heavy atom. The molecule has 6 heteroatoms. The Balaban J connectivity index is 2.38. The van der Waals surface area contributed by atoms with Crippen LogP contribution in [0.2, 0.25) is 0 Å². The lowest BCUT2D eigenvalue weighted by atomic mass is 9.82. The number of ether oxygens (including phenoxy) is 1. The number of aryl methyl sites for hydroxylation is 1. The van der Waals surface area contributed by atoms with Crippen LogP contribution in [0, 0.1) is 12.3 Å². The first kappa shape index (κ1) is 18.9. The van der Waals surface area contributed by atoms with Gasteiger partial charge in [0.15, 0.2) is 0 Å². The van der Waals surface area contributed by atoms with Crippen molar-refractivity contribution in [2.45, 2.75) is 53.6 Å². The van der Waals surface area contributed by atoms with Crippen molar-refractivity contribution in [3.63, 3.8) is 0 Å². The van der Waals surface area contributed by atoms with Gasteiger partial charge in [0.25, 0.3) is 5.78 Å². The Bertz CT molecular complexity index is 646. The number of carbonyl (C=O) groups excluding carboxylic acids is 2. The van der Waals surface area contributed by atoms with Crippen LogP contribution in [-0.4, -0.2) is 35.9 Å². The molecule has 2 rings (SSSR count). The molecule has 1 aromatic rings. The number of rotatable bonds is 4. The van der Waals surface area contributed by atoms with E-state index < -0.39 is 11.8 Å². The first-order valence-electron chi connectivity index (χ1n) is 8.28. The number of carbonyl (C=O) groups is 2. The lowest BCUT2D eigenvalue weighted by Gasteiger charge is -2.39. The van der Waals surface area contributed by atoms with Crippen LogP contribution in [0.4, 0.5) is 5.69 Å². The van der Waals surface area contributed by atoms with Crippen molar-refractivity contribution in [2.24, 2.45) is 5.41 Å². The number of esters is 1. The van der Waals surface area contributed by atoms with Crippen LogP contribution < -0.4 is 4.90 Å². The van der Waals surface area contributed by atoms with E-state index in [1.807, 2.05) is 6.92 Å². The molecule has 0 amide bonds. The number of pyridine rings is 1. The zero-order valence-corrected chi connectivity index (χ0v) is 16.6. The minimum atomic E-state index is -0.832. The van der Waals surface area contributed by atoms with Gasteiger partial charge >= 0.3 is 5.97 Å². The third-order valence-corrected chi connectivity index (χ3v) is 5.32. The monoisotopic (exact) mass is 396 g/mol. The average Bonchev–Trinajstić information content (AvgIpc) is 2.49. The second-order valence-electron chi connectivity index (χ2n) is 7.35. The number of hydrogen-bond acceptors (Lipinski definition) is 5. The molecule has 0 aliphatic carbocycles. The molecule has 0 unspecified atom stereocenters. The Morgan fingerprint density at radius 3 is 2.42 bits per heavy atom. The molecule has 5 nitrogen and oxygen atoms in total. The SMILES string of the molecule is Cc1ncc(C(=O)C(=O)OC(C)C)c(N2CCC(C)(C)CC2)c1Br.